The molecule has 0 aromatic heterocycles. The predicted octanol–water partition coefficient (Wildman–Crippen LogP) is 1.87. The van der Waals surface area contributed by atoms with E-state index in [1.165, 1.54) is 6.07 Å². The van der Waals surface area contributed by atoms with Gasteiger partial charge in [-0.2, -0.15) is 0 Å². The minimum atomic E-state index is -0.330. The molecule has 1 aromatic rings. The summed E-state index contributed by atoms with van der Waals surface area (Å²) in [6.45, 7) is 4.50. The third kappa shape index (κ3) is 3.90. The van der Waals surface area contributed by atoms with Gasteiger partial charge in [-0.1, -0.05) is 24.3 Å². The Hall–Kier alpha value is -2.17. The van der Waals surface area contributed by atoms with Crippen molar-refractivity contribution in [2.75, 3.05) is 13.1 Å². The van der Waals surface area contributed by atoms with Crippen LogP contribution in [0.4, 0.5) is 4.39 Å². The lowest BCUT2D eigenvalue weighted by Crippen LogP contribution is -2.45. The van der Waals surface area contributed by atoms with Crippen LogP contribution >= 0.6 is 0 Å². The molecule has 1 aliphatic heterocycles. The second-order valence-electron chi connectivity index (χ2n) is 5.14. The molecule has 5 heteroatoms. The van der Waals surface area contributed by atoms with E-state index < -0.39 is 0 Å². The van der Waals surface area contributed by atoms with E-state index in [0.717, 1.165) is 0 Å². The van der Waals surface area contributed by atoms with Crippen molar-refractivity contribution >= 4 is 11.8 Å². The van der Waals surface area contributed by atoms with Gasteiger partial charge in [0, 0.05) is 31.6 Å². The van der Waals surface area contributed by atoms with E-state index in [1.807, 2.05) is 0 Å². The number of hydrogen-bond acceptors (Lipinski definition) is 2. The summed E-state index contributed by atoms with van der Waals surface area (Å²) in [4.78, 5) is 25.5. The highest BCUT2D eigenvalue weighted by Gasteiger charge is 2.30. The van der Waals surface area contributed by atoms with Crippen LogP contribution in [0.25, 0.3) is 0 Å². The number of benzene rings is 1. The van der Waals surface area contributed by atoms with Gasteiger partial charge in [0.05, 0.1) is 5.92 Å². The number of amides is 2. The number of nitrogens with one attached hydrogen (secondary N) is 1. The van der Waals surface area contributed by atoms with Crippen LogP contribution in [0.2, 0.25) is 0 Å². The second-order valence-corrected chi connectivity index (χ2v) is 5.14. The minimum absolute atomic E-state index is 0.0361. The largest absolute Gasteiger partial charge is 0.352 e. The molecule has 1 aliphatic rings. The van der Waals surface area contributed by atoms with Crippen molar-refractivity contribution in [3.05, 3.63) is 48.3 Å². The molecule has 0 aliphatic carbocycles. The lowest BCUT2D eigenvalue weighted by Gasteiger charge is -2.32. The molecule has 1 fully saturated rings. The summed E-state index contributed by atoms with van der Waals surface area (Å²) in [5.74, 6) is -0.690. The molecule has 0 bridgehead atoms. The van der Waals surface area contributed by atoms with Gasteiger partial charge in [-0.15, -0.1) is 6.58 Å². The molecule has 0 unspecified atom stereocenters. The third-order valence-electron chi connectivity index (χ3n) is 3.61. The average Bonchev–Trinajstić information content (AvgIpc) is 2.49. The predicted molar refractivity (Wildman–Crippen MR) is 77.7 cm³/mol. The van der Waals surface area contributed by atoms with Gasteiger partial charge in [0.25, 0.3) is 0 Å². The van der Waals surface area contributed by atoms with E-state index in [1.54, 1.807) is 29.2 Å². The van der Waals surface area contributed by atoms with Crippen LogP contribution in [-0.2, 0) is 16.1 Å². The van der Waals surface area contributed by atoms with Gasteiger partial charge in [-0.3, -0.25) is 9.59 Å². The molecule has 0 radical (unpaired) electrons. The van der Waals surface area contributed by atoms with Gasteiger partial charge in [0.2, 0.25) is 11.8 Å². The number of piperidine rings is 1. The first-order valence-corrected chi connectivity index (χ1v) is 7.01. The van der Waals surface area contributed by atoms with Crippen molar-refractivity contribution in [3.63, 3.8) is 0 Å². The molecule has 2 rings (SSSR count). The average molecular weight is 290 g/mol. The summed E-state index contributed by atoms with van der Waals surface area (Å²) < 4.78 is 13.7. The Bertz CT molecular complexity index is 545. The highest BCUT2D eigenvalue weighted by molar-refractivity contribution is 5.83. The van der Waals surface area contributed by atoms with Gasteiger partial charge in [-0.25, -0.2) is 4.39 Å². The van der Waals surface area contributed by atoms with E-state index in [2.05, 4.69) is 11.9 Å². The Morgan fingerprint density at radius 1 is 1.48 bits per heavy atom. The molecular weight excluding hydrogens is 271 g/mol. The Morgan fingerprint density at radius 2 is 2.24 bits per heavy atom. The second kappa shape index (κ2) is 7.02. The Balaban J connectivity index is 2.01. The first kappa shape index (κ1) is 15.2. The molecule has 0 saturated carbocycles. The molecule has 1 heterocycles. The maximum Gasteiger partial charge on any atom is 0.225 e. The highest BCUT2D eigenvalue weighted by atomic mass is 19.1. The first-order chi connectivity index (χ1) is 10.1. The molecule has 1 N–H and O–H groups in total. The summed E-state index contributed by atoms with van der Waals surface area (Å²) in [7, 11) is 0. The summed E-state index contributed by atoms with van der Waals surface area (Å²) in [5, 5.41) is 2.74. The van der Waals surface area contributed by atoms with Crippen LogP contribution in [-0.4, -0.2) is 29.8 Å². The fourth-order valence-corrected chi connectivity index (χ4v) is 2.43. The Morgan fingerprint density at radius 3 is 2.95 bits per heavy atom. The van der Waals surface area contributed by atoms with Crippen LogP contribution in [0.1, 0.15) is 18.4 Å². The third-order valence-corrected chi connectivity index (χ3v) is 3.61. The number of carbonyl (C=O) groups excluding carboxylic acids is 2. The van der Waals surface area contributed by atoms with E-state index in [-0.39, 0.29) is 30.1 Å². The minimum Gasteiger partial charge on any atom is -0.352 e. The molecular formula is C16H19FN2O2. The molecule has 1 saturated heterocycles. The molecule has 1 atom stereocenters. The molecule has 4 nitrogen and oxygen atoms in total. The molecule has 21 heavy (non-hydrogen) atoms. The van der Waals surface area contributed by atoms with Crippen molar-refractivity contribution in [1.82, 2.24) is 10.2 Å². The van der Waals surface area contributed by atoms with Gasteiger partial charge in [-0.05, 0) is 12.5 Å². The fraction of sp³-hybridized carbons (Fsp3) is 0.375. The lowest BCUT2D eigenvalue weighted by molar-refractivity contribution is -0.138. The van der Waals surface area contributed by atoms with Crippen LogP contribution in [0, 0.1) is 11.7 Å². The number of likely N-dealkylation sites (tertiary alicyclic amines) is 1. The van der Waals surface area contributed by atoms with Crippen LogP contribution in [0.15, 0.2) is 36.9 Å². The van der Waals surface area contributed by atoms with Gasteiger partial charge in [0.1, 0.15) is 5.82 Å². The zero-order chi connectivity index (χ0) is 15.2. The lowest BCUT2D eigenvalue weighted by atomic mass is 9.96. The SMILES string of the molecule is C=CCNC(=O)[C@H]1CCC(=O)N(Cc2ccccc2F)C1. The normalized spacial score (nSPS) is 18.4. The van der Waals surface area contributed by atoms with Crippen LogP contribution < -0.4 is 5.32 Å². The van der Waals surface area contributed by atoms with Crippen LogP contribution in [0.5, 0.6) is 0 Å². The van der Waals surface area contributed by atoms with Crippen molar-refractivity contribution in [3.8, 4) is 0 Å². The maximum absolute atomic E-state index is 13.7. The van der Waals surface area contributed by atoms with Crippen molar-refractivity contribution < 1.29 is 14.0 Å². The number of carbonyl (C=O) groups is 2. The summed E-state index contributed by atoms with van der Waals surface area (Å²) in [6, 6.07) is 6.38. The molecule has 2 amide bonds. The summed E-state index contributed by atoms with van der Waals surface area (Å²) >= 11 is 0. The van der Waals surface area contributed by atoms with E-state index in [0.29, 0.717) is 31.5 Å². The van der Waals surface area contributed by atoms with Crippen molar-refractivity contribution in [1.29, 1.82) is 0 Å². The fourth-order valence-electron chi connectivity index (χ4n) is 2.43. The summed E-state index contributed by atoms with van der Waals surface area (Å²) in [6.07, 6.45) is 2.47. The van der Waals surface area contributed by atoms with Crippen molar-refractivity contribution in [2.24, 2.45) is 5.92 Å². The van der Waals surface area contributed by atoms with Gasteiger partial charge >= 0.3 is 0 Å². The van der Waals surface area contributed by atoms with E-state index >= 15 is 0 Å². The molecule has 0 spiro atoms. The quantitative estimate of drug-likeness (QED) is 0.842. The van der Waals surface area contributed by atoms with Crippen LogP contribution in [0.3, 0.4) is 0 Å². The van der Waals surface area contributed by atoms with Gasteiger partial charge in [0.15, 0.2) is 0 Å². The number of halogens is 1. The topological polar surface area (TPSA) is 49.4 Å². The Kier molecular flexibility index (Phi) is 5.09. The monoisotopic (exact) mass is 290 g/mol. The zero-order valence-corrected chi connectivity index (χ0v) is 11.8. The summed E-state index contributed by atoms with van der Waals surface area (Å²) in [5.41, 5.74) is 0.470. The van der Waals surface area contributed by atoms with E-state index in [9.17, 15) is 14.0 Å². The van der Waals surface area contributed by atoms with Gasteiger partial charge < -0.3 is 10.2 Å². The number of nitrogens with zero attached hydrogens (tertiary/aromatic N) is 1. The number of rotatable bonds is 5. The van der Waals surface area contributed by atoms with Crippen molar-refractivity contribution in [2.45, 2.75) is 19.4 Å². The Labute approximate surface area is 123 Å². The standard InChI is InChI=1S/C16H19FN2O2/c1-2-9-18-16(21)13-7-8-15(20)19(11-13)10-12-5-3-4-6-14(12)17/h2-6,13H,1,7-11H2,(H,18,21)/t13-/m0/s1. The maximum atomic E-state index is 13.7. The highest BCUT2D eigenvalue weighted by Crippen LogP contribution is 2.20. The zero-order valence-electron chi connectivity index (χ0n) is 11.8. The molecule has 112 valence electrons. The smallest absolute Gasteiger partial charge is 0.225 e. The molecule has 1 aromatic carbocycles. The van der Waals surface area contributed by atoms with E-state index in [4.69, 9.17) is 0 Å². The number of hydrogen-bond donors (Lipinski definition) is 1. The first-order valence-electron chi connectivity index (χ1n) is 7.01.